The number of rotatable bonds is 9. The largest absolute Gasteiger partial charge is 0.469 e. The monoisotopic (exact) mass is 977 g/mol. The number of ether oxygens (including phenoxy) is 4. The molecule has 23 atom stereocenters. The lowest BCUT2D eigenvalue weighted by Crippen LogP contribution is -2.80. The first-order chi connectivity index (χ1) is 34.1. The quantitative estimate of drug-likeness (QED) is 0.119. The number of Topliss-reactive ketones (excluding diaryl/α,β-unsaturated/α-hetero) is 1. The van der Waals surface area contributed by atoms with E-state index in [1.165, 1.54) is 31.3 Å². The number of aliphatic hydroxyl groups is 3. The van der Waals surface area contributed by atoms with Gasteiger partial charge in [-0.2, -0.15) is 0 Å². The first kappa shape index (κ1) is 45.3. The Hall–Kier alpha value is -3.07. The van der Waals surface area contributed by atoms with Crippen molar-refractivity contribution in [1.29, 1.82) is 0 Å². The third-order valence-electron chi connectivity index (χ3n) is 25.0. The number of epoxide rings is 1. The van der Waals surface area contributed by atoms with Crippen LogP contribution in [0.5, 0.6) is 0 Å². The van der Waals surface area contributed by atoms with Crippen LogP contribution in [0.2, 0.25) is 0 Å². The lowest BCUT2D eigenvalue weighted by atomic mass is 9.33. The van der Waals surface area contributed by atoms with Crippen LogP contribution < -0.4 is 5.32 Å². The fraction of sp³-hybridized carbons (Fsp3) is 0.810. The summed E-state index contributed by atoms with van der Waals surface area (Å²) in [6.45, 7) is 10.3. The number of allylic oxidation sites excluding steroid dienone is 1. The molecule has 4 N–H and O–H groups in total. The molecular weight excluding hydrogens is 901 g/mol. The van der Waals surface area contributed by atoms with Crippen LogP contribution in [0, 0.1) is 92.7 Å². The first-order valence-corrected chi connectivity index (χ1v) is 28.3. The van der Waals surface area contributed by atoms with Crippen molar-refractivity contribution in [2.45, 2.75) is 171 Å². The number of carbonyl (C=O) groups excluding carboxylic acids is 3. The van der Waals surface area contributed by atoms with Crippen LogP contribution in [0.25, 0.3) is 0 Å². The van der Waals surface area contributed by atoms with Gasteiger partial charge in [0.2, 0.25) is 0 Å². The zero-order valence-electron chi connectivity index (χ0n) is 42.2. The SMILES string of the molecule is C[C@@H](C[C@@H]1C=C2C[C@H]3CCC[C@]34C[C@@H]3C[C@@]5(C)[C@H](c6ccoc6C[C@@H]([C@H]6CC[C@H]7[C@H](C=CN8CNC[C@H]78)C6)[C@H](O)CO)OC(=O)[C@H]6O[C@]65[C@]5(C)[C@H](O)C(=O)[C@@H]6[C@@]1(C)O[C@]21[C@H]4C(=O)OC[C@@]61[C@@H]35)C1CCCC1. The van der Waals surface area contributed by atoms with Crippen LogP contribution in [0.1, 0.15) is 135 Å². The van der Waals surface area contributed by atoms with Gasteiger partial charge in [-0.05, 0) is 141 Å². The minimum Gasteiger partial charge on any atom is -0.469 e. The molecule has 8 heterocycles. The zero-order valence-corrected chi connectivity index (χ0v) is 42.2. The molecule has 15 rings (SSSR count). The Bertz CT molecular complexity index is 2540. The number of aliphatic hydroxyl groups excluding tert-OH is 3. The van der Waals surface area contributed by atoms with Gasteiger partial charge in [-0.15, -0.1) is 0 Å². The van der Waals surface area contributed by atoms with E-state index in [1.807, 2.05) is 6.07 Å². The summed E-state index contributed by atoms with van der Waals surface area (Å²) in [5, 5.41) is 39.3. The normalized spacial score (nSPS) is 53.6. The molecule has 71 heavy (non-hydrogen) atoms. The van der Waals surface area contributed by atoms with Crippen LogP contribution in [-0.4, -0.2) is 106 Å². The Morgan fingerprint density at radius 3 is 2.62 bits per heavy atom. The van der Waals surface area contributed by atoms with Crippen molar-refractivity contribution in [1.82, 2.24) is 10.2 Å². The average molecular weight is 977 g/mol. The summed E-state index contributed by atoms with van der Waals surface area (Å²) in [6.07, 6.45) is 18.6. The molecule has 0 aromatic carbocycles. The topological polar surface area (TPSA) is 181 Å². The molecule has 0 unspecified atom stereocenters. The number of hydrogen-bond acceptors (Lipinski definition) is 13. The van der Waals surface area contributed by atoms with Gasteiger partial charge in [-0.3, -0.25) is 14.9 Å². The number of esters is 2. The van der Waals surface area contributed by atoms with Crippen molar-refractivity contribution < 1.29 is 53.1 Å². The highest BCUT2D eigenvalue weighted by molar-refractivity contribution is 5.94. The summed E-state index contributed by atoms with van der Waals surface area (Å²) in [4.78, 5) is 48.6. The summed E-state index contributed by atoms with van der Waals surface area (Å²) in [5.74, 6) is -0.166. The number of nitrogens with zero attached hydrogens (tertiary/aromatic N) is 1. The van der Waals surface area contributed by atoms with Crippen LogP contribution in [0.3, 0.4) is 0 Å². The Kier molecular flexibility index (Phi) is 9.35. The van der Waals surface area contributed by atoms with Gasteiger partial charge in [-0.1, -0.05) is 65.0 Å². The van der Waals surface area contributed by atoms with Crippen molar-refractivity contribution in [3.05, 3.63) is 47.6 Å². The van der Waals surface area contributed by atoms with E-state index in [1.54, 1.807) is 6.26 Å². The molecule has 13 heteroatoms. The van der Waals surface area contributed by atoms with Gasteiger partial charge >= 0.3 is 11.9 Å². The molecule has 7 aliphatic heterocycles. The van der Waals surface area contributed by atoms with Crippen LogP contribution in [-0.2, 0) is 39.8 Å². The average Bonchev–Trinajstić information content (AvgIpc) is 3.99. The molecule has 1 aromatic rings. The molecule has 4 spiro atoms. The highest BCUT2D eigenvalue weighted by atomic mass is 16.7. The third kappa shape index (κ3) is 5.11. The lowest BCUT2D eigenvalue weighted by molar-refractivity contribution is -0.280. The smallest absolute Gasteiger partial charge is 0.339 e. The van der Waals surface area contributed by atoms with E-state index >= 15 is 9.59 Å². The Morgan fingerprint density at radius 2 is 1.80 bits per heavy atom. The van der Waals surface area contributed by atoms with E-state index in [9.17, 15) is 20.1 Å². The van der Waals surface area contributed by atoms with Gasteiger partial charge in [0, 0.05) is 41.3 Å². The van der Waals surface area contributed by atoms with Crippen molar-refractivity contribution >= 4 is 17.7 Å². The van der Waals surface area contributed by atoms with Gasteiger partial charge in [0.15, 0.2) is 11.9 Å². The van der Waals surface area contributed by atoms with Crippen molar-refractivity contribution in [3.63, 3.8) is 0 Å². The van der Waals surface area contributed by atoms with E-state index in [0.29, 0.717) is 48.3 Å². The van der Waals surface area contributed by atoms with Crippen LogP contribution in [0.15, 0.2) is 40.7 Å². The minimum atomic E-state index is -1.48. The molecular formula is C58H76N2O11. The first-order valence-electron chi connectivity index (χ1n) is 28.3. The molecule has 5 saturated heterocycles. The van der Waals surface area contributed by atoms with E-state index in [0.717, 1.165) is 76.6 Å². The number of cyclic esters (lactones) is 2. The minimum absolute atomic E-state index is 0.0426. The molecule has 7 saturated carbocycles. The van der Waals surface area contributed by atoms with Gasteiger partial charge in [-0.25, -0.2) is 4.79 Å². The number of hydrogen-bond donors (Lipinski definition) is 4. The number of fused-ring (bicyclic) bond motifs is 5. The standard InChI is InChI=1S/C58H76N2O11/c1-29(30-8-5-6-9-30)18-35-21-36-20-34-10-7-15-55(34)24-33-23-52(2)48(38-14-17-67-42(38)22-39(41(62)26-61)31-11-12-37-32(19-31)13-16-60-28-59-25-40(37)60)69-51(66)49-58(52,70-49)53(3)44(33)56-27-68-50(65)46(55)57(36,56)71-54(35,4)45(56)43(63)47(53)64/h13-14,16-17,21,29-35,37,39-41,44-49,59,61-62,64H,5-12,15,18-20,22-28H2,1-4H3/t29-,31-,32+,33-,34+,35+,37-,39-,40+,41+,44-,45+,46-,47+,48-,49+,52-,53-,54-,55-,56+,57-,58+/m0/s1. The summed E-state index contributed by atoms with van der Waals surface area (Å²) in [6, 6.07) is 2.38. The number of furan rings is 1. The molecule has 5 bridgehead atoms. The predicted molar refractivity (Wildman–Crippen MR) is 255 cm³/mol. The van der Waals surface area contributed by atoms with Crippen LogP contribution in [0.4, 0.5) is 0 Å². The maximum Gasteiger partial charge on any atom is 0.339 e. The second kappa shape index (κ2) is 14.6. The zero-order chi connectivity index (χ0) is 48.6. The number of ketones is 1. The molecule has 384 valence electrons. The van der Waals surface area contributed by atoms with Gasteiger partial charge in [0.05, 0.1) is 48.5 Å². The van der Waals surface area contributed by atoms with E-state index in [4.69, 9.17) is 23.4 Å². The van der Waals surface area contributed by atoms with E-state index < -0.39 is 80.7 Å². The molecule has 7 aliphatic carbocycles. The molecule has 12 fully saturated rings. The highest BCUT2D eigenvalue weighted by Gasteiger charge is 2.97. The second-order valence-corrected chi connectivity index (χ2v) is 27.2. The molecule has 0 radical (unpaired) electrons. The fourth-order valence-corrected chi connectivity index (χ4v) is 22.6. The van der Waals surface area contributed by atoms with Gasteiger partial charge < -0.3 is 43.6 Å². The van der Waals surface area contributed by atoms with Gasteiger partial charge in [0.25, 0.3) is 0 Å². The molecule has 1 aromatic heterocycles. The predicted octanol–water partition coefficient (Wildman–Crippen LogP) is 6.58. The van der Waals surface area contributed by atoms with Gasteiger partial charge in [0.1, 0.15) is 35.8 Å². The highest BCUT2D eigenvalue weighted by Crippen LogP contribution is 2.88. The maximum absolute atomic E-state index is 16.3. The second-order valence-electron chi connectivity index (χ2n) is 27.2. The summed E-state index contributed by atoms with van der Waals surface area (Å²) >= 11 is 0. The summed E-state index contributed by atoms with van der Waals surface area (Å²) < 4.78 is 35.0. The fourth-order valence-electron chi connectivity index (χ4n) is 22.6. The van der Waals surface area contributed by atoms with E-state index in [2.05, 4.69) is 56.3 Å². The van der Waals surface area contributed by atoms with Crippen molar-refractivity contribution in [2.75, 3.05) is 26.4 Å². The van der Waals surface area contributed by atoms with Crippen molar-refractivity contribution in [2.24, 2.45) is 92.7 Å². The maximum atomic E-state index is 16.3. The molecule has 14 aliphatic rings. The Balaban J connectivity index is 0.852. The summed E-state index contributed by atoms with van der Waals surface area (Å²) in [7, 11) is 0. The van der Waals surface area contributed by atoms with Crippen LogP contribution >= 0.6 is 0 Å². The Morgan fingerprint density at radius 1 is 0.972 bits per heavy atom. The van der Waals surface area contributed by atoms with E-state index in [-0.39, 0.29) is 60.5 Å². The lowest BCUT2D eigenvalue weighted by Gasteiger charge is -2.70. The van der Waals surface area contributed by atoms with Crippen molar-refractivity contribution in [3.8, 4) is 0 Å². The third-order valence-corrected chi connectivity index (χ3v) is 25.0. The number of carbonyl (C=O) groups is 3. The molecule has 0 amide bonds. The molecule has 13 nitrogen and oxygen atoms in total. The Labute approximate surface area is 417 Å². The summed E-state index contributed by atoms with van der Waals surface area (Å²) in [5.41, 5.74) is -5.10. The number of nitrogens with one attached hydrogen (secondary N) is 1.